The van der Waals surface area contributed by atoms with E-state index in [2.05, 4.69) is 15.5 Å². The van der Waals surface area contributed by atoms with Crippen molar-refractivity contribution in [3.8, 4) is 0 Å². The van der Waals surface area contributed by atoms with Crippen LogP contribution in [-0.4, -0.2) is 36.8 Å². The maximum Gasteiger partial charge on any atom is 0.257 e. The van der Waals surface area contributed by atoms with E-state index in [-0.39, 0.29) is 11.9 Å². The summed E-state index contributed by atoms with van der Waals surface area (Å²) >= 11 is 1.30. The fourth-order valence-electron chi connectivity index (χ4n) is 2.77. The molecule has 9 heteroatoms. The summed E-state index contributed by atoms with van der Waals surface area (Å²) in [4.78, 5) is 12.3. The van der Waals surface area contributed by atoms with Gasteiger partial charge in [-0.25, -0.2) is 8.42 Å². The van der Waals surface area contributed by atoms with Crippen LogP contribution in [0.15, 0.2) is 18.2 Å². The Morgan fingerprint density at radius 1 is 1.39 bits per heavy atom. The lowest BCUT2D eigenvalue weighted by atomic mass is 10.1. The van der Waals surface area contributed by atoms with E-state index in [4.69, 9.17) is 0 Å². The van der Waals surface area contributed by atoms with E-state index >= 15 is 0 Å². The Morgan fingerprint density at radius 3 is 2.74 bits per heavy atom. The van der Waals surface area contributed by atoms with Crippen LogP contribution < -0.4 is 9.62 Å². The Hall–Kier alpha value is -2.00. The van der Waals surface area contributed by atoms with Gasteiger partial charge in [-0.05, 0) is 44.0 Å². The fourth-order valence-corrected chi connectivity index (χ4v) is 4.62. The van der Waals surface area contributed by atoms with Crippen LogP contribution in [0.2, 0.25) is 0 Å². The maximum absolute atomic E-state index is 12.3. The highest BCUT2D eigenvalue weighted by molar-refractivity contribution is 7.92. The molecular formula is C14H16N4O3S2. The lowest BCUT2D eigenvalue weighted by Crippen LogP contribution is -2.34. The second-order valence-corrected chi connectivity index (χ2v) is 8.58. The first kappa shape index (κ1) is 15.9. The minimum Gasteiger partial charge on any atom is -0.296 e. The van der Waals surface area contributed by atoms with Crippen LogP contribution in [-0.2, 0) is 16.4 Å². The summed E-state index contributed by atoms with van der Waals surface area (Å²) < 4.78 is 25.2. The Kier molecular flexibility index (Phi) is 3.85. The van der Waals surface area contributed by atoms with E-state index in [1.54, 1.807) is 18.2 Å². The van der Waals surface area contributed by atoms with Crippen molar-refractivity contribution in [3.63, 3.8) is 0 Å². The molecule has 1 N–H and O–H groups in total. The molecule has 0 unspecified atom stereocenters. The summed E-state index contributed by atoms with van der Waals surface area (Å²) in [5.74, 6) is -0.283. The summed E-state index contributed by atoms with van der Waals surface area (Å²) in [7, 11) is -3.33. The molecule has 1 aromatic carbocycles. The molecule has 1 amide bonds. The van der Waals surface area contributed by atoms with Crippen LogP contribution >= 0.6 is 11.3 Å². The average molecular weight is 352 g/mol. The summed E-state index contributed by atoms with van der Waals surface area (Å²) in [5.41, 5.74) is 1.96. The maximum atomic E-state index is 12.3. The lowest BCUT2D eigenvalue weighted by Gasteiger charge is -2.21. The molecule has 7 nitrogen and oxygen atoms in total. The zero-order valence-corrected chi connectivity index (χ0v) is 14.5. The van der Waals surface area contributed by atoms with Gasteiger partial charge >= 0.3 is 0 Å². The first-order valence-electron chi connectivity index (χ1n) is 6.99. The highest BCUT2D eigenvalue weighted by atomic mass is 32.2. The van der Waals surface area contributed by atoms with Gasteiger partial charge in [0.15, 0.2) is 0 Å². The smallest absolute Gasteiger partial charge is 0.257 e. The molecule has 23 heavy (non-hydrogen) atoms. The molecule has 0 saturated heterocycles. The molecule has 0 saturated carbocycles. The molecule has 122 valence electrons. The lowest BCUT2D eigenvalue weighted by molar-refractivity contribution is 0.102. The van der Waals surface area contributed by atoms with Crippen LogP contribution in [0.1, 0.15) is 27.9 Å². The van der Waals surface area contributed by atoms with Crippen molar-refractivity contribution in [2.75, 3.05) is 15.9 Å². The van der Waals surface area contributed by atoms with Crippen LogP contribution in [0.4, 0.5) is 10.8 Å². The minimum atomic E-state index is -3.33. The zero-order chi connectivity index (χ0) is 16.8. The molecule has 2 aromatic rings. The number of hydrogen-bond donors (Lipinski definition) is 1. The van der Waals surface area contributed by atoms with Gasteiger partial charge < -0.3 is 0 Å². The highest BCUT2D eigenvalue weighted by Crippen LogP contribution is 2.34. The molecule has 3 rings (SSSR count). The Morgan fingerprint density at radius 2 is 2.13 bits per heavy atom. The standard InChI is InChI=1S/C14H16N4O3S2/c1-8-6-11-7-10(4-5-12(11)18(8)23(3,20)21)13(19)15-14-17-16-9(2)22-14/h4-5,7-8H,6H2,1-3H3,(H,15,17,19)/t8-/m1/s1. The first-order valence-corrected chi connectivity index (χ1v) is 9.66. The summed E-state index contributed by atoms with van der Waals surface area (Å²) in [6.45, 7) is 3.66. The number of carbonyl (C=O) groups is 1. The third-order valence-corrected chi connectivity index (χ3v) is 5.62. The van der Waals surface area contributed by atoms with Gasteiger partial charge in [0.2, 0.25) is 15.2 Å². The van der Waals surface area contributed by atoms with Gasteiger partial charge in [0, 0.05) is 11.6 Å². The molecule has 0 fully saturated rings. The number of fused-ring (bicyclic) bond motifs is 1. The van der Waals surface area contributed by atoms with Gasteiger partial charge in [-0.3, -0.25) is 14.4 Å². The SMILES string of the molecule is Cc1nnc(NC(=O)c2ccc3c(c2)C[C@@H](C)N3S(C)(=O)=O)s1. The van der Waals surface area contributed by atoms with Gasteiger partial charge in [-0.1, -0.05) is 11.3 Å². The largest absolute Gasteiger partial charge is 0.296 e. The quantitative estimate of drug-likeness (QED) is 0.909. The molecule has 0 spiro atoms. The van der Waals surface area contributed by atoms with Crippen molar-refractivity contribution in [3.05, 3.63) is 34.3 Å². The number of aryl methyl sites for hydroxylation is 1. The van der Waals surface area contributed by atoms with Crippen molar-refractivity contribution < 1.29 is 13.2 Å². The number of amides is 1. The average Bonchev–Trinajstić information content (AvgIpc) is 2.99. The number of aromatic nitrogens is 2. The molecule has 1 atom stereocenters. The third kappa shape index (κ3) is 3.06. The first-order chi connectivity index (χ1) is 10.8. The number of nitrogens with one attached hydrogen (secondary N) is 1. The predicted octanol–water partition coefficient (Wildman–Crippen LogP) is 1.81. The van der Waals surface area contributed by atoms with Gasteiger partial charge in [-0.2, -0.15) is 0 Å². The van der Waals surface area contributed by atoms with E-state index in [1.807, 2.05) is 13.8 Å². The van der Waals surface area contributed by atoms with Crippen LogP contribution in [0.5, 0.6) is 0 Å². The molecule has 0 aliphatic carbocycles. The summed E-state index contributed by atoms with van der Waals surface area (Å²) in [5, 5.41) is 11.6. The highest BCUT2D eigenvalue weighted by Gasteiger charge is 2.32. The Labute approximate surface area is 138 Å². The Bertz CT molecular complexity index is 876. The molecule has 1 aliphatic heterocycles. The topological polar surface area (TPSA) is 92.3 Å². The number of sulfonamides is 1. The van der Waals surface area contributed by atoms with Crippen molar-refractivity contribution in [2.24, 2.45) is 0 Å². The van der Waals surface area contributed by atoms with E-state index in [9.17, 15) is 13.2 Å². The fraction of sp³-hybridized carbons (Fsp3) is 0.357. The molecule has 0 radical (unpaired) electrons. The third-order valence-electron chi connectivity index (χ3n) is 3.60. The van der Waals surface area contributed by atoms with Crippen LogP contribution in [0.25, 0.3) is 0 Å². The number of hydrogen-bond acceptors (Lipinski definition) is 6. The van der Waals surface area contributed by atoms with E-state index < -0.39 is 10.0 Å². The van der Waals surface area contributed by atoms with Gasteiger partial charge in [0.25, 0.3) is 5.91 Å². The number of rotatable bonds is 3. The van der Waals surface area contributed by atoms with Gasteiger partial charge in [-0.15, -0.1) is 10.2 Å². The van der Waals surface area contributed by atoms with Crippen molar-refractivity contribution >= 4 is 38.1 Å². The van der Waals surface area contributed by atoms with Gasteiger partial charge in [0.05, 0.1) is 11.9 Å². The molecule has 1 aliphatic rings. The number of benzene rings is 1. The molecule has 2 heterocycles. The van der Waals surface area contributed by atoms with Gasteiger partial charge in [0.1, 0.15) is 5.01 Å². The number of nitrogens with zero attached hydrogens (tertiary/aromatic N) is 3. The molecular weight excluding hydrogens is 336 g/mol. The zero-order valence-electron chi connectivity index (χ0n) is 12.9. The minimum absolute atomic E-state index is 0.149. The monoisotopic (exact) mass is 352 g/mol. The summed E-state index contributed by atoms with van der Waals surface area (Å²) in [6.07, 6.45) is 1.78. The van der Waals surface area contributed by atoms with Crippen LogP contribution in [0, 0.1) is 6.92 Å². The number of anilines is 2. The second-order valence-electron chi connectivity index (χ2n) is 5.54. The predicted molar refractivity (Wildman–Crippen MR) is 89.5 cm³/mol. The Balaban J connectivity index is 1.88. The number of carbonyl (C=O) groups excluding carboxylic acids is 1. The van der Waals surface area contributed by atoms with E-state index in [0.717, 1.165) is 10.6 Å². The summed E-state index contributed by atoms with van der Waals surface area (Å²) in [6, 6.07) is 4.89. The molecule has 0 bridgehead atoms. The van der Waals surface area contributed by atoms with Crippen LogP contribution in [0.3, 0.4) is 0 Å². The van der Waals surface area contributed by atoms with Crippen molar-refractivity contribution in [1.29, 1.82) is 0 Å². The second kappa shape index (κ2) is 5.57. The van der Waals surface area contributed by atoms with Crippen molar-refractivity contribution in [1.82, 2.24) is 10.2 Å². The molecule has 1 aromatic heterocycles. The van der Waals surface area contributed by atoms with E-state index in [1.165, 1.54) is 21.9 Å². The van der Waals surface area contributed by atoms with E-state index in [0.29, 0.717) is 22.8 Å². The van der Waals surface area contributed by atoms with Crippen molar-refractivity contribution in [2.45, 2.75) is 26.3 Å². The normalized spacial score (nSPS) is 17.2.